The Morgan fingerprint density at radius 1 is 1.19 bits per heavy atom. The van der Waals surface area contributed by atoms with Crippen LogP contribution < -0.4 is 4.74 Å². The second-order valence-electron chi connectivity index (χ2n) is 7.77. The van der Waals surface area contributed by atoms with Crippen molar-refractivity contribution in [1.29, 1.82) is 0 Å². The first-order chi connectivity index (χ1) is 15.5. The molecule has 0 unspecified atom stereocenters. The average Bonchev–Trinajstić information content (AvgIpc) is 3.16. The second-order valence-corrected chi connectivity index (χ2v) is 8.93. The summed E-state index contributed by atoms with van der Waals surface area (Å²) in [6.07, 6.45) is 5.32. The maximum atomic E-state index is 14.9. The van der Waals surface area contributed by atoms with E-state index in [1.54, 1.807) is 10.5 Å². The zero-order valence-corrected chi connectivity index (χ0v) is 21.2. The number of aromatic nitrogens is 2. The molecule has 2 heterocycles. The molecule has 0 aliphatic rings. The first-order valence-corrected chi connectivity index (χ1v) is 12.4. The number of ketones is 1. The van der Waals surface area contributed by atoms with E-state index in [1.165, 1.54) is 6.07 Å². The summed E-state index contributed by atoms with van der Waals surface area (Å²) in [6.45, 7) is 9.68. The van der Waals surface area contributed by atoms with E-state index in [0.717, 1.165) is 50.2 Å². The maximum Gasteiger partial charge on any atom is 0.211 e. The Kier molecular flexibility index (Phi) is 9.04. The largest absolute Gasteiger partial charge is 0.489 e. The molecule has 3 aromatic rings. The number of benzene rings is 1. The van der Waals surface area contributed by atoms with Crippen molar-refractivity contribution in [1.82, 2.24) is 14.3 Å². The summed E-state index contributed by atoms with van der Waals surface area (Å²) in [7, 11) is 0. The quantitative estimate of drug-likeness (QED) is 0.163. The number of halogens is 2. The van der Waals surface area contributed by atoms with Crippen LogP contribution in [0.5, 0.6) is 5.75 Å². The number of pyridine rings is 1. The van der Waals surface area contributed by atoms with E-state index in [-0.39, 0.29) is 11.5 Å². The molecule has 1 aromatic carbocycles. The third-order valence-corrected chi connectivity index (χ3v) is 6.41. The van der Waals surface area contributed by atoms with Gasteiger partial charge in [0, 0.05) is 18.3 Å². The van der Waals surface area contributed by atoms with Crippen LogP contribution in [-0.2, 0) is 6.42 Å². The zero-order chi connectivity index (χ0) is 23.1. The molecule has 0 aliphatic heterocycles. The van der Waals surface area contributed by atoms with Gasteiger partial charge in [0.2, 0.25) is 5.78 Å². The van der Waals surface area contributed by atoms with Gasteiger partial charge in [-0.15, -0.1) is 0 Å². The molecule has 0 spiro atoms. The van der Waals surface area contributed by atoms with Gasteiger partial charge in [0.05, 0.1) is 15.9 Å². The molecule has 2 aromatic heterocycles. The van der Waals surface area contributed by atoms with Gasteiger partial charge in [-0.05, 0) is 79.2 Å². The SMILES string of the molecule is CCCCc1nc2ccccn2c1C(=O)c1cc(F)c(OCCCN(CC)CC)c(I)c1. The van der Waals surface area contributed by atoms with Crippen LogP contribution in [-0.4, -0.2) is 46.3 Å². The van der Waals surface area contributed by atoms with E-state index >= 15 is 0 Å². The number of nitrogens with zero attached hydrogens (tertiary/aromatic N) is 3. The molecule has 0 atom stereocenters. The molecular formula is C25H31FIN3O2. The van der Waals surface area contributed by atoms with E-state index in [1.807, 2.05) is 47.0 Å². The number of aryl methyl sites for hydroxylation is 1. The third-order valence-electron chi connectivity index (χ3n) is 5.60. The molecule has 3 rings (SSSR count). The molecule has 0 radical (unpaired) electrons. The summed E-state index contributed by atoms with van der Waals surface area (Å²) in [6, 6.07) is 8.64. The van der Waals surface area contributed by atoms with Gasteiger partial charge in [-0.2, -0.15) is 0 Å². The highest BCUT2D eigenvalue weighted by atomic mass is 127. The molecule has 7 heteroatoms. The fraction of sp³-hybridized carbons (Fsp3) is 0.440. The molecule has 32 heavy (non-hydrogen) atoms. The number of carbonyl (C=O) groups is 1. The van der Waals surface area contributed by atoms with Gasteiger partial charge < -0.3 is 9.64 Å². The highest BCUT2D eigenvalue weighted by molar-refractivity contribution is 14.1. The number of hydrogen-bond acceptors (Lipinski definition) is 4. The van der Waals surface area contributed by atoms with E-state index in [4.69, 9.17) is 4.74 Å². The van der Waals surface area contributed by atoms with Gasteiger partial charge >= 0.3 is 0 Å². The van der Waals surface area contributed by atoms with Crippen LogP contribution >= 0.6 is 22.6 Å². The predicted molar refractivity (Wildman–Crippen MR) is 134 cm³/mol. The standard InChI is InChI=1S/C25H31FIN3O2/c1-4-7-11-21-23(30-14-9-8-12-22(30)28-21)24(31)18-16-19(26)25(20(27)17-18)32-15-10-13-29(5-2)6-3/h8-9,12,14,16-17H,4-7,10-11,13,15H2,1-3H3. The number of unbranched alkanes of at least 4 members (excludes halogenated alkanes) is 1. The monoisotopic (exact) mass is 551 g/mol. The summed E-state index contributed by atoms with van der Waals surface area (Å²) < 4.78 is 23.1. The van der Waals surface area contributed by atoms with Gasteiger partial charge in [-0.3, -0.25) is 9.20 Å². The minimum Gasteiger partial charge on any atom is -0.489 e. The van der Waals surface area contributed by atoms with E-state index in [9.17, 15) is 9.18 Å². The van der Waals surface area contributed by atoms with E-state index in [0.29, 0.717) is 27.9 Å². The first kappa shape index (κ1) is 24.6. The van der Waals surface area contributed by atoms with Crippen molar-refractivity contribution >= 4 is 34.0 Å². The number of rotatable bonds is 12. The number of ether oxygens (including phenoxy) is 1. The van der Waals surface area contributed by atoms with Crippen LogP contribution in [0.25, 0.3) is 5.65 Å². The van der Waals surface area contributed by atoms with Crippen molar-refractivity contribution < 1.29 is 13.9 Å². The van der Waals surface area contributed by atoms with Gasteiger partial charge in [0.1, 0.15) is 11.3 Å². The Morgan fingerprint density at radius 2 is 1.97 bits per heavy atom. The van der Waals surface area contributed by atoms with Gasteiger partial charge in [0.15, 0.2) is 11.6 Å². The van der Waals surface area contributed by atoms with Gasteiger partial charge in [-0.1, -0.05) is 33.3 Å². The van der Waals surface area contributed by atoms with Gasteiger partial charge in [0.25, 0.3) is 0 Å². The number of hydrogen-bond donors (Lipinski definition) is 0. The number of carbonyl (C=O) groups excluding carboxylic acids is 1. The topological polar surface area (TPSA) is 46.8 Å². The summed E-state index contributed by atoms with van der Waals surface area (Å²) >= 11 is 2.04. The Morgan fingerprint density at radius 3 is 2.66 bits per heavy atom. The van der Waals surface area contributed by atoms with Crippen molar-refractivity contribution in [3.63, 3.8) is 0 Å². The lowest BCUT2D eigenvalue weighted by Gasteiger charge is -2.18. The molecule has 0 aliphatic carbocycles. The second kappa shape index (κ2) is 11.7. The lowest BCUT2D eigenvalue weighted by molar-refractivity contribution is 0.103. The number of imidazole rings is 1. The minimum atomic E-state index is -0.507. The fourth-order valence-corrected chi connectivity index (χ4v) is 4.52. The van der Waals surface area contributed by atoms with Crippen molar-refractivity contribution in [2.75, 3.05) is 26.2 Å². The Bertz CT molecular complexity index is 1040. The van der Waals surface area contributed by atoms with E-state index < -0.39 is 5.82 Å². The van der Waals surface area contributed by atoms with Crippen molar-refractivity contribution in [2.45, 2.75) is 46.5 Å². The van der Waals surface area contributed by atoms with Crippen molar-refractivity contribution in [2.24, 2.45) is 0 Å². The summed E-state index contributed by atoms with van der Waals surface area (Å²) in [4.78, 5) is 20.4. The van der Waals surface area contributed by atoms with Crippen molar-refractivity contribution in [3.8, 4) is 5.75 Å². The lowest BCUT2D eigenvalue weighted by atomic mass is 10.0. The van der Waals surface area contributed by atoms with Crippen LogP contribution in [0.2, 0.25) is 0 Å². The predicted octanol–water partition coefficient (Wildman–Crippen LogP) is 5.76. The fourth-order valence-electron chi connectivity index (χ4n) is 3.77. The minimum absolute atomic E-state index is 0.214. The van der Waals surface area contributed by atoms with E-state index in [2.05, 4.69) is 30.7 Å². The molecule has 0 bridgehead atoms. The maximum absolute atomic E-state index is 14.9. The Labute approximate surface area is 203 Å². The lowest BCUT2D eigenvalue weighted by Crippen LogP contribution is -2.25. The Balaban J connectivity index is 1.82. The number of fused-ring (bicyclic) bond motifs is 1. The first-order valence-electron chi connectivity index (χ1n) is 11.3. The van der Waals surface area contributed by atoms with Crippen LogP contribution in [0.4, 0.5) is 4.39 Å². The van der Waals surface area contributed by atoms with Crippen LogP contribution in [0.1, 0.15) is 61.8 Å². The smallest absolute Gasteiger partial charge is 0.211 e. The normalized spacial score (nSPS) is 11.4. The highest BCUT2D eigenvalue weighted by Crippen LogP contribution is 2.28. The summed E-state index contributed by atoms with van der Waals surface area (Å²) in [5.74, 6) is -0.516. The molecule has 0 fully saturated rings. The highest BCUT2D eigenvalue weighted by Gasteiger charge is 2.23. The molecule has 0 saturated carbocycles. The molecule has 5 nitrogen and oxygen atoms in total. The molecular weight excluding hydrogens is 520 g/mol. The summed E-state index contributed by atoms with van der Waals surface area (Å²) in [5, 5.41) is 0. The Hall–Kier alpha value is -2.00. The molecule has 0 amide bonds. The zero-order valence-electron chi connectivity index (χ0n) is 19.0. The third kappa shape index (κ3) is 5.67. The van der Waals surface area contributed by atoms with Crippen LogP contribution in [0, 0.1) is 9.39 Å². The van der Waals surface area contributed by atoms with Gasteiger partial charge in [-0.25, -0.2) is 9.37 Å². The van der Waals surface area contributed by atoms with Crippen LogP contribution in [0.3, 0.4) is 0 Å². The van der Waals surface area contributed by atoms with Crippen molar-refractivity contribution in [3.05, 3.63) is 62.9 Å². The molecule has 0 saturated heterocycles. The molecule has 0 N–H and O–H groups in total. The molecule has 172 valence electrons. The average molecular weight is 551 g/mol. The summed E-state index contributed by atoms with van der Waals surface area (Å²) in [5.41, 5.74) is 2.31. The van der Waals surface area contributed by atoms with Crippen LogP contribution in [0.15, 0.2) is 36.5 Å².